The van der Waals surface area contributed by atoms with Crippen molar-refractivity contribution in [3.8, 4) is 39.5 Å². The van der Waals surface area contributed by atoms with Crippen LogP contribution in [-0.2, 0) is 26.5 Å². The molecule has 4 nitrogen and oxygen atoms in total. The number of aryl methyl sites for hydroxylation is 2. The van der Waals surface area contributed by atoms with E-state index in [1.165, 1.54) is 30.0 Å². The van der Waals surface area contributed by atoms with Crippen LogP contribution in [-0.4, -0.2) is 14.5 Å². The van der Waals surface area contributed by atoms with Crippen LogP contribution in [0.1, 0.15) is 33.2 Å². The zero-order chi connectivity index (χ0) is 41.4. The molecular weight excluding hydrogens is 815 g/mol. The van der Waals surface area contributed by atoms with Gasteiger partial charge in [-0.25, -0.2) is 0 Å². The van der Waals surface area contributed by atoms with Gasteiger partial charge in [-0.2, -0.15) is 0 Å². The minimum absolute atomic E-state index is 0. The SMILES string of the molecule is [2H]C([2H])([2H])c1c[c-]c(-c2ccc(C([2H])([2H])[2H])cn2)cc1.[2H]C([2H])(c1ccccc1)c1ccc2c(-c3nc4ccccc4n3-c3ccc(-c4ccccc4)cc3)[c-]oc2c1.[Ir]. The molecule has 0 aliphatic carbocycles. The van der Waals surface area contributed by atoms with E-state index in [2.05, 4.69) is 64.3 Å². The first-order valence-electron chi connectivity index (χ1n) is 20.4. The Bertz CT molecular complexity index is 2800. The molecule has 0 aliphatic rings. The zero-order valence-electron chi connectivity index (χ0n) is 35.7. The van der Waals surface area contributed by atoms with Crippen LogP contribution in [0.5, 0.6) is 0 Å². The first kappa shape index (κ1) is 26.0. The Morgan fingerprint density at radius 1 is 0.712 bits per heavy atom. The van der Waals surface area contributed by atoms with E-state index in [4.69, 9.17) is 20.4 Å². The normalized spacial score (nSPS) is 13.8. The fourth-order valence-electron chi connectivity index (χ4n) is 5.93. The van der Waals surface area contributed by atoms with Crippen LogP contribution in [0, 0.1) is 26.0 Å². The number of hydrogen-bond donors (Lipinski definition) is 0. The van der Waals surface area contributed by atoms with Gasteiger partial charge in [0.25, 0.3) is 0 Å². The maximum absolute atomic E-state index is 8.75. The quantitative estimate of drug-likeness (QED) is 0.157. The molecule has 0 spiro atoms. The maximum atomic E-state index is 8.75. The number of para-hydroxylation sites is 2. The Morgan fingerprint density at radius 2 is 1.44 bits per heavy atom. The van der Waals surface area contributed by atoms with E-state index in [0.717, 1.165) is 39.1 Å². The Morgan fingerprint density at radius 3 is 2.17 bits per heavy atom. The fourth-order valence-corrected chi connectivity index (χ4v) is 5.93. The van der Waals surface area contributed by atoms with Crippen LogP contribution >= 0.6 is 0 Å². The van der Waals surface area contributed by atoms with Gasteiger partial charge < -0.3 is 14.0 Å². The molecule has 0 saturated heterocycles. The standard InChI is InChI=1S/C34H23N2O.C13H12N.Ir/c1-3-9-24(10-4-1)21-25-15-20-29-30(23-37-33(29)22-25)34-35-31-13-7-8-14-32(31)36(34)28-18-16-27(17-19-28)26-11-5-2-6-12-26;1-10-3-6-12(7-4-10)13-8-5-11(2)9-14-13;/h1-20,22H,21H2;3-6,8-9H,1-2H3;/q2*-1;/i21D2;1D3,2D3;. The van der Waals surface area contributed by atoms with Gasteiger partial charge in [-0.3, -0.25) is 4.98 Å². The Hall–Kier alpha value is -5.87. The molecule has 9 aromatic rings. The van der Waals surface area contributed by atoms with E-state index in [-0.39, 0.29) is 31.2 Å². The topological polar surface area (TPSA) is 43.9 Å². The zero-order valence-corrected chi connectivity index (χ0v) is 30.1. The summed E-state index contributed by atoms with van der Waals surface area (Å²) < 4.78 is 69.2. The van der Waals surface area contributed by atoms with Crippen molar-refractivity contribution >= 4 is 22.0 Å². The van der Waals surface area contributed by atoms with E-state index < -0.39 is 20.1 Å². The second-order valence-electron chi connectivity index (χ2n) is 11.9. The van der Waals surface area contributed by atoms with Crippen molar-refractivity contribution in [2.75, 3.05) is 0 Å². The van der Waals surface area contributed by atoms with Crippen LogP contribution in [0.25, 0.3) is 61.5 Å². The molecule has 6 aromatic carbocycles. The van der Waals surface area contributed by atoms with E-state index in [9.17, 15) is 0 Å². The molecule has 1 radical (unpaired) electrons. The molecule has 0 bridgehead atoms. The minimum Gasteiger partial charge on any atom is -0.557 e. The van der Waals surface area contributed by atoms with E-state index in [0.29, 0.717) is 28.0 Å². The van der Waals surface area contributed by atoms with Gasteiger partial charge in [0.15, 0.2) is 0 Å². The van der Waals surface area contributed by atoms with Gasteiger partial charge in [0.05, 0.1) is 16.9 Å². The second kappa shape index (κ2) is 15.6. The molecule has 0 saturated carbocycles. The van der Waals surface area contributed by atoms with Crippen molar-refractivity contribution in [3.05, 3.63) is 199 Å². The van der Waals surface area contributed by atoms with Crippen LogP contribution in [0.2, 0.25) is 0 Å². The van der Waals surface area contributed by atoms with Crippen molar-refractivity contribution in [3.63, 3.8) is 0 Å². The smallest absolute Gasteiger partial charge is 0.0774 e. The molecule has 0 aliphatic heterocycles. The van der Waals surface area contributed by atoms with Crippen molar-refractivity contribution in [1.82, 2.24) is 14.5 Å². The molecule has 3 aromatic heterocycles. The predicted molar refractivity (Wildman–Crippen MR) is 208 cm³/mol. The fraction of sp³-hybridized carbons (Fsp3) is 0.0638. The molecule has 0 unspecified atom stereocenters. The largest absolute Gasteiger partial charge is 0.557 e. The van der Waals surface area contributed by atoms with Crippen LogP contribution in [0.3, 0.4) is 0 Å². The first-order chi connectivity index (χ1) is 28.3. The molecule has 0 atom stereocenters. The van der Waals surface area contributed by atoms with Gasteiger partial charge >= 0.3 is 0 Å². The number of hydrogen-bond acceptors (Lipinski definition) is 3. The summed E-state index contributed by atoms with van der Waals surface area (Å²) in [5, 5.41) is 0.833. The number of fused-ring (bicyclic) bond motifs is 2. The van der Waals surface area contributed by atoms with Gasteiger partial charge in [-0.1, -0.05) is 133 Å². The number of rotatable bonds is 6. The molecule has 0 fully saturated rings. The van der Waals surface area contributed by atoms with Crippen molar-refractivity contribution < 1.29 is 35.5 Å². The van der Waals surface area contributed by atoms with Crippen molar-refractivity contribution in [2.24, 2.45) is 0 Å². The van der Waals surface area contributed by atoms with Crippen molar-refractivity contribution in [1.29, 1.82) is 0 Å². The summed E-state index contributed by atoms with van der Waals surface area (Å²) in [5.41, 5.74) is 9.14. The maximum Gasteiger partial charge on any atom is 0.0774 e. The van der Waals surface area contributed by atoms with E-state index in [1.54, 1.807) is 30.3 Å². The first-order valence-corrected chi connectivity index (χ1v) is 16.4. The number of pyridine rings is 1. The third-order valence-electron chi connectivity index (χ3n) is 8.45. The summed E-state index contributed by atoms with van der Waals surface area (Å²) in [6.07, 6.45) is 2.72. The Labute approximate surface area is 329 Å². The van der Waals surface area contributed by atoms with E-state index >= 15 is 0 Å². The molecule has 5 heteroatoms. The monoisotopic (exact) mass is 858 g/mol. The number of imidazole rings is 1. The number of furan rings is 1. The van der Waals surface area contributed by atoms with Crippen LogP contribution in [0.15, 0.2) is 168 Å². The number of aromatic nitrogens is 3. The van der Waals surface area contributed by atoms with Crippen molar-refractivity contribution in [2.45, 2.75) is 20.1 Å². The average Bonchev–Trinajstić information content (AvgIpc) is 3.85. The third-order valence-corrected chi connectivity index (χ3v) is 8.45. The molecule has 0 N–H and O–H groups in total. The van der Waals surface area contributed by atoms with Gasteiger partial charge in [-0.05, 0) is 65.4 Å². The van der Waals surface area contributed by atoms with Crippen LogP contribution in [0.4, 0.5) is 0 Å². The summed E-state index contributed by atoms with van der Waals surface area (Å²) in [6, 6.07) is 52.0. The molecule has 0 amide bonds. The van der Waals surface area contributed by atoms with Gasteiger partial charge in [0.2, 0.25) is 0 Å². The molecular formula is C47H35IrN3O-2. The Balaban J connectivity index is 0.000000220. The Kier molecular flexibility index (Phi) is 7.78. The average molecular weight is 858 g/mol. The number of nitrogens with zero attached hydrogens (tertiary/aromatic N) is 3. The molecule has 3 heterocycles. The summed E-state index contributed by atoms with van der Waals surface area (Å²) in [4.78, 5) is 9.05. The molecule has 255 valence electrons. The van der Waals surface area contributed by atoms with E-state index in [1.807, 2.05) is 66.7 Å². The summed E-state index contributed by atoms with van der Waals surface area (Å²) in [6.45, 7) is -4.34. The summed E-state index contributed by atoms with van der Waals surface area (Å²) >= 11 is 0. The predicted octanol–water partition coefficient (Wildman–Crippen LogP) is 11.7. The van der Waals surface area contributed by atoms with Gasteiger partial charge in [0.1, 0.15) is 0 Å². The number of benzene rings is 6. The molecule has 9 rings (SSSR count). The van der Waals surface area contributed by atoms with Gasteiger partial charge in [-0.15, -0.1) is 41.5 Å². The van der Waals surface area contributed by atoms with Crippen LogP contribution < -0.4 is 0 Å². The van der Waals surface area contributed by atoms with Gasteiger partial charge in [0, 0.05) is 54.8 Å². The second-order valence-corrected chi connectivity index (χ2v) is 11.9. The minimum atomic E-state index is -2.18. The summed E-state index contributed by atoms with van der Waals surface area (Å²) in [7, 11) is 0. The molecule has 52 heavy (non-hydrogen) atoms. The summed E-state index contributed by atoms with van der Waals surface area (Å²) in [5.74, 6) is 0.723. The third kappa shape index (κ3) is 7.43.